The second-order valence-electron chi connectivity index (χ2n) is 4.81. The molecule has 0 bridgehead atoms. The Morgan fingerprint density at radius 2 is 1.37 bits per heavy atom. The maximum absolute atomic E-state index is 5.64. The normalized spacial score (nSPS) is 10.8. The summed E-state index contributed by atoms with van der Waals surface area (Å²) < 4.78 is 10.9. The number of rotatable bonds is 12. The fourth-order valence-electron chi connectivity index (χ4n) is 2.01. The minimum absolute atomic E-state index is 0.831. The third-order valence-corrected chi connectivity index (χ3v) is 3.13. The van der Waals surface area contributed by atoms with E-state index in [-0.39, 0.29) is 0 Å². The van der Waals surface area contributed by atoms with Gasteiger partial charge in [0, 0.05) is 26.4 Å². The summed E-state index contributed by atoms with van der Waals surface area (Å²) in [6.07, 6.45) is 7.07. The SMILES string of the molecule is CCOCCCCCOCCCCc1ccccc1. The molecule has 0 unspecified atom stereocenters. The number of hydrogen-bond acceptors (Lipinski definition) is 2. The first-order chi connectivity index (χ1) is 9.43. The van der Waals surface area contributed by atoms with Gasteiger partial charge in [0.25, 0.3) is 0 Å². The molecular formula is C17H28O2. The maximum atomic E-state index is 5.64. The second-order valence-corrected chi connectivity index (χ2v) is 4.81. The lowest BCUT2D eigenvalue weighted by Crippen LogP contribution is -1.99. The maximum Gasteiger partial charge on any atom is 0.0466 e. The van der Waals surface area contributed by atoms with Gasteiger partial charge in [-0.1, -0.05) is 30.3 Å². The number of unbranched alkanes of at least 4 members (excludes halogenated alkanes) is 3. The number of aryl methyl sites for hydroxylation is 1. The highest BCUT2D eigenvalue weighted by Crippen LogP contribution is 2.05. The van der Waals surface area contributed by atoms with E-state index in [1.165, 1.54) is 24.8 Å². The summed E-state index contributed by atoms with van der Waals surface area (Å²) in [4.78, 5) is 0. The Morgan fingerprint density at radius 1 is 0.737 bits per heavy atom. The van der Waals surface area contributed by atoms with Gasteiger partial charge in [0.15, 0.2) is 0 Å². The van der Waals surface area contributed by atoms with E-state index in [1.54, 1.807) is 0 Å². The molecule has 108 valence electrons. The highest BCUT2D eigenvalue weighted by molar-refractivity contribution is 5.14. The Kier molecular flexibility index (Phi) is 10.4. The van der Waals surface area contributed by atoms with Crippen LogP contribution in [0.15, 0.2) is 30.3 Å². The molecule has 0 amide bonds. The zero-order chi connectivity index (χ0) is 13.6. The van der Waals surface area contributed by atoms with Crippen molar-refractivity contribution in [2.45, 2.75) is 45.4 Å². The number of ether oxygens (including phenoxy) is 2. The van der Waals surface area contributed by atoms with E-state index in [9.17, 15) is 0 Å². The molecule has 0 fully saturated rings. The molecule has 0 spiro atoms. The molecule has 19 heavy (non-hydrogen) atoms. The lowest BCUT2D eigenvalue weighted by atomic mass is 10.1. The summed E-state index contributed by atoms with van der Waals surface area (Å²) in [6.45, 7) is 5.57. The summed E-state index contributed by atoms with van der Waals surface area (Å²) in [7, 11) is 0. The van der Waals surface area contributed by atoms with Gasteiger partial charge >= 0.3 is 0 Å². The van der Waals surface area contributed by atoms with E-state index in [2.05, 4.69) is 30.3 Å². The van der Waals surface area contributed by atoms with Crippen molar-refractivity contribution in [3.05, 3.63) is 35.9 Å². The predicted molar refractivity (Wildman–Crippen MR) is 80.5 cm³/mol. The fourth-order valence-corrected chi connectivity index (χ4v) is 2.01. The Hall–Kier alpha value is -0.860. The van der Waals surface area contributed by atoms with E-state index >= 15 is 0 Å². The minimum atomic E-state index is 0.831. The molecule has 0 aliphatic carbocycles. The minimum Gasteiger partial charge on any atom is -0.382 e. The first kappa shape index (κ1) is 16.2. The van der Waals surface area contributed by atoms with Crippen molar-refractivity contribution >= 4 is 0 Å². The van der Waals surface area contributed by atoms with Gasteiger partial charge in [-0.25, -0.2) is 0 Å². The molecule has 1 aromatic carbocycles. The van der Waals surface area contributed by atoms with Gasteiger partial charge in [-0.15, -0.1) is 0 Å². The van der Waals surface area contributed by atoms with E-state index in [0.29, 0.717) is 0 Å². The molecule has 0 aliphatic heterocycles. The molecule has 2 nitrogen and oxygen atoms in total. The molecule has 0 radical (unpaired) electrons. The van der Waals surface area contributed by atoms with Crippen molar-refractivity contribution in [3.8, 4) is 0 Å². The molecule has 1 aromatic rings. The molecule has 1 rings (SSSR count). The highest BCUT2D eigenvalue weighted by Gasteiger charge is 1.94. The Morgan fingerprint density at radius 3 is 2.05 bits per heavy atom. The quantitative estimate of drug-likeness (QED) is 0.526. The molecule has 0 N–H and O–H groups in total. The Bertz CT molecular complexity index is 285. The van der Waals surface area contributed by atoms with E-state index in [4.69, 9.17) is 9.47 Å². The third-order valence-electron chi connectivity index (χ3n) is 3.13. The average molecular weight is 264 g/mol. The van der Waals surface area contributed by atoms with Crippen molar-refractivity contribution in [2.24, 2.45) is 0 Å². The summed E-state index contributed by atoms with van der Waals surface area (Å²) in [5, 5.41) is 0. The van der Waals surface area contributed by atoms with E-state index in [1.807, 2.05) is 6.92 Å². The van der Waals surface area contributed by atoms with Crippen LogP contribution in [0, 0.1) is 0 Å². The van der Waals surface area contributed by atoms with Crippen molar-refractivity contribution < 1.29 is 9.47 Å². The zero-order valence-corrected chi connectivity index (χ0v) is 12.3. The molecule has 2 heteroatoms. The number of hydrogen-bond donors (Lipinski definition) is 0. The Balaban J connectivity index is 1.79. The standard InChI is InChI=1S/C17H28O2/c1-2-18-14-8-4-9-15-19-16-10-7-13-17-11-5-3-6-12-17/h3,5-6,11-12H,2,4,7-10,13-16H2,1H3. The van der Waals surface area contributed by atoms with Crippen LogP contribution in [0.25, 0.3) is 0 Å². The van der Waals surface area contributed by atoms with Gasteiger partial charge in [0.2, 0.25) is 0 Å². The van der Waals surface area contributed by atoms with Gasteiger partial charge in [0.1, 0.15) is 0 Å². The van der Waals surface area contributed by atoms with Crippen molar-refractivity contribution in [1.82, 2.24) is 0 Å². The third kappa shape index (κ3) is 9.69. The first-order valence-corrected chi connectivity index (χ1v) is 7.63. The Labute approximate surface area is 118 Å². The fraction of sp³-hybridized carbons (Fsp3) is 0.647. The smallest absolute Gasteiger partial charge is 0.0466 e. The van der Waals surface area contributed by atoms with Crippen molar-refractivity contribution in [1.29, 1.82) is 0 Å². The summed E-state index contributed by atoms with van der Waals surface area (Å²) in [6, 6.07) is 10.7. The highest BCUT2D eigenvalue weighted by atomic mass is 16.5. The van der Waals surface area contributed by atoms with Crippen LogP contribution in [-0.2, 0) is 15.9 Å². The van der Waals surface area contributed by atoms with Gasteiger partial charge in [-0.05, 0) is 51.0 Å². The molecular weight excluding hydrogens is 236 g/mol. The van der Waals surface area contributed by atoms with Gasteiger partial charge in [-0.2, -0.15) is 0 Å². The van der Waals surface area contributed by atoms with Gasteiger partial charge < -0.3 is 9.47 Å². The molecule has 0 atom stereocenters. The van der Waals surface area contributed by atoms with Crippen LogP contribution in [-0.4, -0.2) is 26.4 Å². The monoisotopic (exact) mass is 264 g/mol. The average Bonchev–Trinajstić information content (AvgIpc) is 2.46. The summed E-state index contributed by atoms with van der Waals surface area (Å²) >= 11 is 0. The lowest BCUT2D eigenvalue weighted by Gasteiger charge is -2.05. The van der Waals surface area contributed by atoms with Crippen LogP contribution >= 0.6 is 0 Å². The van der Waals surface area contributed by atoms with Gasteiger partial charge in [0.05, 0.1) is 0 Å². The predicted octanol–water partition coefficient (Wildman–Crippen LogP) is 4.23. The van der Waals surface area contributed by atoms with E-state index in [0.717, 1.165) is 45.7 Å². The molecule has 0 heterocycles. The van der Waals surface area contributed by atoms with Crippen LogP contribution in [0.2, 0.25) is 0 Å². The van der Waals surface area contributed by atoms with Crippen LogP contribution < -0.4 is 0 Å². The van der Waals surface area contributed by atoms with Crippen molar-refractivity contribution in [2.75, 3.05) is 26.4 Å². The molecule has 0 aliphatic rings. The van der Waals surface area contributed by atoms with Gasteiger partial charge in [-0.3, -0.25) is 0 Å². The molecule has 0 aromatic heterocycles. The molecule has 0 saturated carbocycles. The zero-order valence-electron chi connectivity index (χ0n) is 12.3. The lowest BCUT2D eigenvalue weighted by molar-refractivity contribution is 0.117. The largest absolute Gasteiger partial charge is 0.382 e. The molecule has 0 saturated heterocycles. The number of benzene rings is 1. The van der Waals surface area contributed by atoms with Crippen LogP contribution in [0.1, 0.15) is 44.6 Å². The summed E-state index contributed by atoms with van der Waals surface area (Å²) in [5.74, 6) is 0. The second kappa shape index (κ2) is 12.2. The van der Waals surface area contributed by atoms with Crippen LogP contribution in [0.4, 0.5) is 0 Å². The first-order valence-electron chi connectivity index (χ1n) is 7.63. The van der Waals surface area contributed by atoms with Crippen LogP contribution in [0.3, 0.4) is 0 Å². The van der Waals surface area contributed by atoms with E-state index < -0.39 is 0 Å². The topological polar surface area (TPSA) is 18.5 Å². The van der Waals surface area contributed by atoms with Crippen molar-refractivity contribution in [3.63, 3.8) is 0 Å². The van der Waals surface area contributed by atoms with Crippen LogP contribution in [0.5, 0.6) is 0 Å². The summed E-state index contributed by atoms with van der Waals surface area (Å²) in [5.41, 5.74) is 1.43.